The zero-order valence-electron chi connectivity index (χ0n) is 8.78. The van der Waals surface area contributed by atoms with Gasteiger partial charge in [0.05, 0.1) is 19.2 Å². The minimum absolute atomic E-state index is 0.0520. The lowest BCUT2D eigenvalue weighted by Crippen LogP contribution is -2.47. The second-order valence-electron chi connectivity index (χ2n) is 3.74. The van der Waals surface area contributed by atoms with Crippen molar-refractivity contribution < 1.29 is 9.90 Å². The first-order valence-electron chi connectivity index (χ1n) is 5.26. The fourth-order valence-corrected chi connectivity index (χ4v) is 1.85. The molecule has 0 bridgehead atoms. The number of carbonyl (C=O) groups excluding carboxylic acids is 1. The summed E-state index contributed by atoms with van der Waals surface area (Å²) >= 11 is 0. The maximum atomic E-state index is 11.3. The van der Waals surface area contributed by atoms with Gasteiger partial charge in [0.15, 0.2) is 0 Å². The van der Waals surface area contributed by atoms with Crippen LogP contribution in [0.1, 0.15) is 19.3 Å². The van der Waals surface area contributed by atoms with Crippen LogP contribution in [0.4, 0.5) is 0 Å². The van der Waals surface area contributed by atoms with Crippen LogP contribution in [0.3, 0.4) is 0 Å². The molecule has 0 radical (unpaired) electrons. The molecule has 5 heteroatoms. The molecule has 1 saturated heterocycles. The van der Waals surface area contributed by atoms with Crippen LogP contribution in [0.5, 0.6) is 0 Å². The smallest absolute Gasteiger partial charge is 0.235 e. The van der Waals surface area contributed by atoms with Crippen molar-refractivity contribution in [3.05, 3.63) is 0 Å². The van der Waals surface area contributed by atoms with Gasteiger partial charge in [0.25, 0.3) is 0 Å². The average Bonchev–Trinajstić information content (AvgIpc) is 2.27. The number of rotatable bonds is 4. The number of hydrogen-bond acceptors (Lipinski definition) is 4. The van der Waals surface area contributed by atoms with Crippen molar-refractivity contribution in [3.63, 3.8) is 0 Å². The topological polar surface area (TPSA) is 76.4 Å². The van der Waals surface area contributed by atoms with Crippen molar-refractivity contribution in [3.8, 4) is 6.07 Å². The number of piperidine rings is 1. The van der Waals surface area contributed by atoms with Crippen LogP contribution in [0.2, 0.25) is 0 Å². The second-order valence-corrected chi connectivity index (χ2v) is 3.74. The van der Waals surface area contributed by atoms with E-state index >= 15 is 0 Å². The molecule has 0 aliphatic carbocycles. The van der Waals surface area contributed by atoms with Gasteiger partial charge in [-0.3, -0.25) is 9.69 Å². The lowest BCUT2D eigenvalue weighted by molar-refractivity contribution is -0.123. The summed E-state index contributed by atoms with van der Waals surface area (Å²) in [6, 6.07) is 1.96. The van der Waals surface area contributed by atoms with Crippen molar-refractivity contribution >= 4 is 5.91 Å². The molecule has 1 aliphatic rings. The highest BCUT2D eigenvalue weighted by molar-refractivity contribution is 5.78. The lowest BCUT2D eigenvalue weighted by atomic mass is 10.0. The molecule has 2 N–H and O–H groups in total. The maximum absolute atomic E-state index is 11.3. The molecular weight excluding hydrogens is 194 g/mol. The molecule has 1 aliphatic heterocycles. The molecule has 5 nitrogen and oxygen atoms in total. The molecule has 0 spiro atoms. The number of nitriles is 1. The highest BCUT2D eigenvalue weighted by Crippen LogP contribution is 2.15. The van der Waals surface area contributed by atoms with Gasteiger partial charge in [0.2, 0.25) is 5.91 Å². The highest BCUT2D eigenvalue weighted by Gasteiger charge is 2.23. The van der Waals surface area contributed by atoms with Gasteiger partial charge in [0, 0.05) is 6.04 Å². The third-order valence-corrected chi connectivity index (χ3v) is 2.67. The van der Waals surface area contributed by atoms with Crippen molar-refractivity contribution in [2.24, 2.45) is 0 Å². The summed E-state index contributed by atoms with van der Waals surface area (Å²) in [6.45, 7) is 1.29. The molecule has 1 rings (SSSR count). The largest absolute Gasteiger partial charge is 0.395 e. The summed E-state index contributed by atoms with van der Waals surface area (Å²) in [6.07, 6.45) is 3.13. The van der Waals surface area contributed by atoms with Gasteiger partial charge >= 0.3 is 0 Å². The molecule has 1 unspecified atom stereocenters. The van der Waals surface area contributed by atoms with Gasteiger partial charge in [-0.25, -0.2) is 0 Å². The molecular formula is C10H17N3O2. The SMILES string of the molecule is N#CCNC(=O)CN1CCCCC1CO. The van der Waals surface area contributed by atoms with Crippen molar-refractivity contribution in [2.45, 2.75) is 25.3 Å². The Balaban J connectivity index is 2.34. The van der Waals surface area contributed by atoms with E-state index in [1.807, 2.05) is 11.0 Å². The van der Waals surface area contributed by atoms with Gasteiger partial charge in [-0.2, -0.15) is 5.26 Å². The highest BCUT2D eigenvalue weighted by atomic mass is 16.3. The third kappa shape index (κ3) is 3.86. The molecule has 15 heavy (non-hydrogen) atoms. The van der Waals surface area contributed by atoms with Crippen LogP contribution in [0, 0.1) is 11.3 Å². The van der Waals surface area contributed by atoms with Crippen LogP contribution in [-0.2, 0) is 4.79 Å². The Morgan fingerprint density at radius 2 is 2.40 bits per heavy atom. The van der Waals surface area contributed by atoms with Gasteiger partial charge < -0.3 is 10.4 Å². The Hall–Kier alpha value is -1.12. The summed E-state index contributed by atoms with van der Waals surface area (Å²) in [5.74, 6) is -0.142. The van der Waals surface area contributed by atoms with E-state index < -0.39 is 0 Å². The zero-order valence-corrected chi connectivity index (χ0v) is 8.78. The Kier molecular flexibility index (Phi) is 5.08. The van der Waals surface area contributed by atoms with E-state index in [1.165, 1.54) is 0 Å². The molecule has 1 fully saturated rings. The van der Waals surface area contributed by atoms with E-state index in [4.69, 9.17) is 10.4 Å². The molecule has 0 aromatic heterocycles. The second kappa shape index (κ2) is 6.38. The lowest BCUT2D eigenvalue weighted by Gasteiger charge is -2.33. The fraction of sp³-hybridized carbons (Fsp3) is 0.800. The predicted molar refractivity (Wildman–Crippen MR) is 54.9 cm³/mol. The van der Waals surface area contributed by atoms with Gasteiger partial charge in [0.1, 0.15) is 6.54 Å². The molecule has 1 heterocycles. The first kappa shape index (κ1) is 12.0. The quantitative estimate of drug-likeness (QED) is 0.613. The summed E-state index contributed by atoms with van der Waals surface area (Å²) in [7, 11) is 0. The third-order valence-electron chi connectivity index (χ3n) is 2.67. The number of hydrogen-bond donors (Lipinski definition) is 2. The van der Waals surface area contributed by atoms with Crippen LogP contribution in [-0.4, -0.2) is 48.2 Å². The zero-order chi connectivity index (χ0) is 11.1. The van der Waals surface area contributed by atoms with E-state index in [9.17, 15) is 4.79 Å². The van der Waals surface area contributed by atoms with Crippen LogP contribution in [0.15, 0.2) is 0 Å². The number of likely N-dealkylation sites (tertiary alicyclic amines) is 1. The molecule has 0 aromatic carbocycles. The molecule has 84 valence electrons. The van der Waals surface area contributed by atoms with Crippen molar-refractivity contribution in [1.82, 2.24) is 10.2 Å². The first-order chi connectivity index (χ1) is 7.27. The van der Waals surface area contributed by atoms with E-state index in [2.05, 4.69) is 5.32 Å². The number of carbonyl (C=O) groups is 1. The van der Waals surface area contributed by atoms with E-state index in [1.54, 1.807) is 0 Å². The summed E-state index contributed by atoms with van der Waals surface area (Å²) < 4.78 is 0. The van der Waals surface area contributed by atoms with Gasteiger partial charge in [-0.1, -0.05) is 6.42 Å². The van der Waals surface area contributed by atoms with Crippen molar-refractivity contribution in [1.29, 1.82) is 5.26 Å². The predicted octanol–water partition coefficient (Wildman–Crippen LogP) is -0.527. The number of nitrogens with one attached hydrogen (secondary N) is 1. The van der Waals surface area contributed by atoms with Crippen LogP contribution < -0.4 is 5.32 Å². The van der Waals surface area contributed by atoms with E-state index in [0.717, 1.165) is 25.8 Å². The standard InChI is InChI=1S/C10H17N3O2/c11-4-5-12-10(15)7-13-6-2-1-3-9(13)8-14/h9,14H,1-3,5-8H2,(H,12,15). The minimum Gasteiger partial charge on any atom is -0.395 e. The van der Waals surface area contributed by atoms with E-state index in [0.29, 0.717) is 0 Å². The number of aliphatic hydroxyl groups excluding tert-OH is 1. The Morgan fingerprint density at radius 3 is 3.07 bits per heavy atom. The average molecular weight is 211 g/mol. The Morgan fingerprint density at radius 1 is 1.60 bits per heavy atom. The molecule has 0 saturated carbocycles. The van der Waals surface area contributed by atoms with Gasteiger partial charge in [-0.15, -0.1) is 0 Å². The first-order valence-corrected chi connectivity index (χ1v) is 5.26. The number of nitrogens with zero attached hydrogens (tertiary/aromatic N) is 2. The fourth-order valence-electron chi connectivity index (χ4n) is 1.85. The van der Waals surface area contributed by atoms with Crippen LogP contribution >= 0.6 is 0 Å². The Labute approximate surface area is 89.7 Å². The summed E-state index contributed by atoms with van der Waals surface area (Å²) in [5, 5.41) is 19.9. The molecule has 0 aromatic rings. The van der Waals surface area contributed by atoms with Crippen molar-refractivity contribution in [2.75, 3.05) is 26.2 Å². The molecule has 1 atom stereocenters. The van der Waals surface area contributed by atoms with Crippen LogP contribution in [0.25, 0.3) is 0 Å². The number of amides is 1. The monoisotopic (exact) mass is 211 g/mol. The minimum atomic E-state index is -0.142. The normalized spacial score (nSPS) is 22.0. The Bertz CT molecular complexity index is 250. The summed E-state index contributed by atoms with van der Waals surface area (Å²) in [4.78, 5) is 13.3. The van der Waals surface area contributed by atoms with Gasteiger partial charge in [-0.05, 0) is 19.4 Å². The molecule has 1 amide bonds. The maximum Gasteiger partial charge on any atom is 0.235 e. The summed E-state index contributed by atoms with van der Waals surface area (Å²) in [5.41, 5.74) is 0. The van der Waals surface area contributed by atoms with E-state index in [-0.39, 0.29) is 31.6 Å². The number of aliphatic hydroxyl groups is 1.